The molecule has 0 bridgehead atoms. The number of nitrogens with one attached hydrogen (secondary N) is 2. The fraction of sp³-hybridized carbons (Fsp3) is 0.522. The van der Waals surface area contributed by atoms with Crippen molar-refractivity contribution >= 4 is 11.9 Å². The van der Waals surface area contributed by atoms with Crippen molar-refractivity contribution in [1.29, 1.82) is 0 Å². The molecule has 2 N–H and O–H groups in total. The van der Waals surface area contributed by atoms with Gasteiger partial charge in [0.25, 0.3) is 5.91 Å². The first-order chi connectivity index (χ1) is 14.8. The normalized spacial score (nSPS) is 10.3. The number of rotatable bonds is 10. The molecular weight excluding hydrogens is 400 g/mol. The Morgan fingerprint density at radius 2 is 1.58 bits per heavy atom. The third-order valence-corrected chi connectivity index (χ3v) is 4.24. The highest BCUT2D eigenvalue weighted by molar-refractivity contribution is 5.92. The van der Waals surface area contributed by atoms with Crippen molar-refractivity contribution in [2.75, 3.05) is 38.1 Å². The molecule has 172 valence electrons. The van der Waals surface area contributed by atoms with E-state index < -0.39 is 11.6 Å². The Hall–Kier alpha value is -2.61. The summed E-state index contributed by atoms with van der Waals surface area (Å²) in [6.45, 7) is 11.1. The standard InChI is InChI=1S/C16H29N5O.C7H6F2/c1-5-10-21(11-6-2)16-19-13(3)12-14(20-16)15(22)18-9-7-8-17-4;1-5-2-6(8)4-7(9)3-5/h12,17H,5-11H2,1-4H3,(H,18,22);2-4H,1H3. The second-order valence-electron chi connectivity index (χ2n) is 7.34. The van der Waals surface area contributed by atoms with Crippen molar-refractivity contribution in [3.63, 3.8) is 0 Å². The van der Waals surface area contributed by atoms with E-state index in [-0.39, 0.29) is 5.91 Å². The molecule has 0 unspecified atom stereocenters. The molecule has 1 aromatic heterocycles. The van der Waals surface area contributed by atoms with E-state index >= 15 is 0 Å². The molecule has 31 heavy (non-hydrogen) atoms. The van der Waals surface area contributed by atoms with Crippen LogP contribution in [0.4, 0.5) is 14.7 Å². The molecule has 0 aliphatic heterocycles. The van der Waals surface area contributed by atoms with Crippen LogP contribution in [0, 0.1) is 25.5 Å². The maximum Gasteiger partial charge on any atom is 0.270 e. The van der Waals surface area contributed by atoms with Gasteiger partial charge in [-0.15, -0.1) is 0 Å². The number of hydrogen-bond donors (Lipinski definition) is 2. The number of aryl methyl sites for hydroxylation is 2. The van der Waals surface area contributed by atoms with Gasteiger partial charge in [0.1, 0.15) is 17.3 Å². The molecule has 2 rings (SSSR count). The highest BCUT2D eigenvalue weighted by Gasteiger charge is 2.14. The molecule has 0 saturated carbocycles. The minimum atomic E-state index is -0.521. The van der Waals surface area contributed by atoms with Crippen LogP contribution < -0.4 is 15.5 Å². The Bertz CT molecular complexity index is 760. The van der Waals surface area contributed by atoms with E-state index in [4.69, 9.17) is 0 Å². The number of carbonyl (C=O) groups is 1. The average Bonchev–Trinajstić information content (AvgIpc) is 2.70. The zero-order chi connectivity index (χ0) is 23.2. The number of anilines is 1. The van der Waals surface area contributed by atoms with Crippen LogP contribution in [0.2, 0.25) is 0 Å². The summed E-state index contributed by atoms with van der Waals surface area (Å²) in [7, 11) is 1.90. The van der Waals surface area contributed by atoms with E-state index in [9.17, 15) is 13.6 Å². The molecular formula is C23H35F2N5O. The lowest BCUT2D eigenvalue weighted by atomic mass is 10.2. The summed E-state index contributed by atoms with van der Waals surface area (Å²) >= 11 is 0. The van der Waals surface area contributed by atoms with Crippen LogP contribution in [0.1, 0.15) is 54.9 Å². The fourth-order valence-corrected chi connectivity index (χ4v) is 2.91. The van der Waals surface area contributed by atoms with Crippen molar-refractivity contribution < 1.29 is 13.6 Å². The second-order valence-corrected chi connectivity index (χ2v) is 7.34. The van der Waals surface area contributed by atoms with Gasteiger partial charge in [-0.2, -0.15) is 0 Å². The first-order valence-corrected chi connectivity index (χ1v) is 10.8. The van der Waals surface area contributed by atoms with Gasteiger partial charge in [0, 0.05) is 31.4 Å². The summed E-state index contributed by atoms with van der Waals surface area (Å²) in [5.41, 5.74) is 1.87. The zero-order valence-corrected chi connectivity index (χ0v) is 19.3. The van der Waals surface area contributed by atoms with Crippen LogP contribution in [-0.2, 0) is 0 Å². The third kappa shape index (κ3) is 10.3. The van der Waals surface area contributed by atoms with Crippen molar-refractivity contribution in [3.8, 4) is 0 Å². The molecule has 0 aliphatic rings. The lowest BCUT2D eigenvalue weighted by Gasteiger charge is -2.22. The molecule has 0 saturated heterocycles. The van der Waals surface area contributed by atoms with Gasteiger partial charge >= 0.3 is 0 Å². The predicted molar refractivity (Wildman–Crippen MR) is 122 cm³/mol. The SMILES string of the molecule is CCCN(CCC)c1nc(C)cc(C(=O)NCCCNC)n1.Cc1cc(F)cc(F)c1. The Labute approximate surface area is 184 Å². The van der Waals surface area contributed by atoms with Gasteiger partial charge in [0.15, 0.2) is 0 Å². The largest absolute Gasteiger partial charge is 0.351 e. The van der Waals surface area contributed by atoms with Crippen molar-refractivity contribution in [2.45, 2.75) is 47.0 Å². The number of carbonyl (C=O) groups excluding carboxylic acids is 1. The van der Waals surface area contributed by atoms with Crippen molar-refractivity contribution in [2.24, 2.45) is 0 Å². The van der Waals surface area contributed by atoms with Crippen LogP contribution in [0.15, 0.2) is 24.3 Å². The molecule has 1 aromatic carbocycles. The summed E-state index contributed by atoms with van der Waals surface area (Å²) in [6, 6.07) is 5.16. The minimum absolute atomic E-state index is 0.129. The summed E-state index contributed by atoms with van der Waals surface area (Å²) < 4.78 is 24.4. The molecule has 2 aromatic rings. The van der Waals surface area contributed by atoms with E-state index in [1.807, 2.05) is 14.0 Å². The van der Waals surface area contributed by atoms with E-state index in [0.717, 1.165) is 50.7 Å². The van der Waals surface area contributed by atoms with Gasteiger partial charge < -0.3 is 15.5 Å². The van der Waals surface area contributed by atoms with Crippen LogP contribution >= 0.6 is 0 Å². The van der Waals surface area contributed by atoms with Crippen molar-refractivity contribution in [1.82, 2.24) is 20.6 Å². The van der Waals surface area contributed by atoms with Crippen LogP contribution in [-0.4, -0.2) is 49.1 Å². The summed E-state index contributed by atoms with van der Waals surface area (Å²) in [5.74, 6) is -0.514. The third-order valence-electron chi connectivity index (χ3n) is 4.24. The molecule has 0 fully saturated rings. The molecule has 1 heterocycles. The topological polar surface area (TPSA) is 70.2 Å². The Morgan fingerprint density at radius 1 is 0.968 bits per heavy atom. The average molecular weight is 436 g/mol. The van der Waals surface area contributed by atoms with Gasteiger partial charge in [-0.1, -0.05) is 13.8 Å². The van der Waals surface area contributed by atoms with Gasteiger partial charge in [-0.25, -0.2) is 18.7 Å². The molecule has 1 amide bonds. The van der Waals surface area contributed by atoms with E-state index in [0.29, 0.717) is 23.8 Å². The molecule has 0 atom stereocenters. The minimum Gasteiger partial charge on any atom is -0.351 e. The number of amides is 1. The maximum absolute atomic E-state index is 12.2. The Morgan fingerprint density at radius 3 is 2.10 bits per heavy atom. The lowest BCUT2D eigenvalue weighted by Crippen LogP contribution is -2.30. The van der Waals surface area contributed by atoms with Crippen LogP contribution in [0.5, 0.6) is 0 Å². The number of halogens is 2. The van der Waals surface area contributed by atoms with Crippen molar-refractivity contribution in [3.05, 3.63) is 52.9 Å². The molecule has 0 spiro atoms. The van der Waals surface area contributed by atoms with Gasteiger partial charge in [0.2, 0.25) is 5.95 Å². The summed E-state index contributed by atoms with van der Waals surface area (Å²) in [4.78, 5) is 23.3. The van der Waals surface area contributed by atoms with E-state index in [1.165, 1.54) is 12.1 Å². The molecule has 6 nitrogen and oxygen atoms in total. The zero-order valence-electron chi connectivity index (χ0n) is 19.3. The maximum atomic E-state index is 12.2. The van der Waals surface area contributed by atoms with Crippen LogP contribution in [0.3, 0.4) is 0 Å². The quantitative estimate of drug-likeness (QED) is 0.552. The first-order valence-electron chi connectivity index (χ1n) is 10.8. The Balaban J connectivity index is 0.000000442. The predicted octanol–water partition coefficient (Wildman–Crippen LogP) is 4.02. The number of aromatic nitrogens is 2. The molecule has 0 aliphatic carbocycles. The molecule has 8 heteroatoms. The lowest BCUT2D eigenvalue weighted by molar-refractivity contribution is 0.0948. The highest BCUT2D eigenvalue weighted by Crippen LogP contribution is 2.12. The van der Waals surface area contributed by atoms with Crippen LogP contribution in [0.25, 0.3) is 0 Å². The van der Waals surface area contributed by atoms with Gasteiger partial charge in [0.05, 0.1) is 0 Å². The van der Waals surface area contributed by atoms with Gasteiger partial charge in [-0.3, -0.25) is 4.79 Å². The fourth-order valence-electron chi connectivity index (χ4n) is 2.91. The summed E-state index contributed by atoms with van der Waals surface area (Å²) in [5, 5.41) is 5.96. The Kier molecular flexibility index (Phi) is 12.3. The van der Waals surface area contributed by atoms with E-state index in [1.54, 1.807) is 13.0 Å². The van der Waals surface area contributed by atoms with Gasteiger partial charge in [-0.05, 0) is 70.5 Å². The number of hydrogen-bond acceptors (Lipinski definition) is 5. The first kappa shape index (κ1) is 26.4. The molecule has 0 radical (unpaired) electrons. The number of nitrogens with zero attached hydrogens (tertiary/aromatic N) is 3. The van der Waals surface area contributed by atoms with E-state index in [2.05, 4.69) is 39.3 Å². The highest BCUT2D eigenvalue weighted by atomic mass is 19.1. The smallest absolute Gasteiger partial charge is 0.270 e. The number of benzene rings is 1. The summed E-state index contributed by atoms with van der Waals surface area (Å²) in [6.07, 6.45) is 2.96. The monoisotopic (exact) mass is 435 g/mol. The second kappa shape index (κ2) is 14.4.